The van der Waals surface area contributed by atoms with Gasteiger partial charge in [0.05, 0.1) is 4.92 Å². The Kier molecular flexibility index (Phi) is 7.86. The summed E-state index contributed by atoms with van der Waals surface area (Å²) < 4.78 is 4.94. The molecule has 0 fully saturated rings. The van der Waals surface area contributed by atoms with E-state index in [9.17, 15) is 19.7 Å². The first-order valence-corrected chi connectivity index (χ1v) is 8.61. The van der Waals surface area contributed by atoms with Crippen LogP contribution in [0.5, 0.6) is 0 Å². The van der Waals surface area contributed by atoms with Crippen molar-refractivity contribution in [3.63, 3.8) is 0 Å². The second-order valence-electron chi connectivity index (χ2n) is 5.83. The molecular formula is C20H21N3O5. The van der Waals surface area contributed by atoms with Gasteiger partial charge in [0.15, 0.2) is 0 Å². The van der Waals surface area contributed by atoms with E-state index in [-0.39, 0.29) is 11.4 Å². The molecule has 0 heterocycles. The van der Waals surface area contributed by atoms with Crippen molar-refractivity contribution in [3.8, 4) is 0 Å². The number of methoxy groups -OCH3 is 1. The van der Waals surface area contributed by atoms with Crippen LogP contribution in [0.15, 0.2) is 60.3 Å². The highest BCUT2D eigenvalue weighted by atomic mass is 16.6. The number of nitrogens with zero attached hydrogens (tertiary/aromatic N) is 1. The number of carbonyl (C=O) groups is 2. The van der Waals surface area contributed by atoms with Crippen LogP contribution in [0.3, 0.4) is 0 Å². The van der Waals surface area contributed by atoms with Crippen LogP contribution >= 0.6 is 0 Å². The first-order chi connectivity index (χ1) is 13.5. The Bertz CT molecular complexity index is 865. The fourth-order valence-corrected chi connectivity index (χ4v) is 2.35. The number of amides is 2. The molecule has 0 bridgehead atoms. The normalized spacial score (nSPS) is 11.0. The summed E-state index contributed by atoms with van der Waals surface area (Å²) in [6.45, 7) is 0.848. The van der Waals surface area contributed by atoms with E-state index in [0.29, 0.717) is 30.7 Å². The van der Waals surface area contributed by atoms with Crippen LogP contribution in [0.2, 0.25) is 0 Å². The molecule has 0 saturated carbocycles. The van der Waals surface area contributed by atoms with E-state index in [2.05, 4.69) is 10.6 Å². The van der Waals surface area contributed by atoms with E-state index in [1.54, 1.807) is 43.5 Å². The van der Waals surface area contributed by atoms with E-state index in [1.807, 2.05) is 0 Å². The number of nitrogens with one attached hydrogen (secondary N) is 2. The Hall–Kier alpha value is -3.52. The number of nitro benzene ring substituents is 1. The van der Waals surface area contributed by atoms with Gasteiger partial charge >= 0.3 is 0 Å². The van der Waals surface area contributed by atoms with Crippen molar-refractivity contribution >= 4 is 23.6 Å². The Morgan fingerprint density at radius 1 is 1.14 bits per heavy atom. The van der Waals surface area contributed by atoms with Crippen molar-refractivity contribution in [2.24, 2.45) is 0 Å². The van der Waals surface area contributed by atoms with Gasteiger partial charge in [0.25, 0.3) is 17.5 Å². The van der Waals surface area contributed by atoms with Crippen LogP contribution in [0.25, 0.3) is 6.08 Å². The zero-order valence-electron chi connectivity index (χ0n) is 15.4. The van der Waals surface area contributed by atoms with Gasteiger partial charge in [0.2, 0.25) is 0 Å². The molecule has 0 atom stereocenters. The molecule has 0 saturated heterocycles. The first kappa shape index (κ1) is 20.8. The molecule has 0 radical (unpaired) electrons. The van der Waals surface area contributed by atoms with Gasteiger partial charge in [-0.25, -0.2) is 0 Å². The minimum absolute atomic E-state index is 0.00762. The van der Waals surface area contributed by atoms with Crippen molar-refractivity contribution in [2.45, 2.75) is 6.42 Å². The van der Waals surface area contributed by atoms with Gasteiger partial charge in [-0.05, 0) is 30.2 Å². The van der Waals surface area contributed by atoms with Crippen LogP contribution in [0, 0.1) is 10.1 Å². The molecule has 0 aliphatic carbocycles. The molecule has 0 aliphatic heterocycles. The highest BCUT2D eigenvalue weighted by Crippen LogP contribution is 2.15. The Balaban J connectivity index is 2.24. The molecule has 8 nitrogen and oxygen atoms in total. The predicted molar refractivity (Wildman–Crippen MR) is 104 cm³/mol. The monoisotopic (exact) mass is 383 g/mol. The fraction of sp³-hybridized carbons (Fsp3) is 0.200. The molecule has 146 valence electrons. The molecule has 2 aromatic rings. The second-order valence-corrected chi connectivity index (χ2v) is 5.83. The summed E-state index contributed by atoms with van der Waals surface area (Å²) in [5, 5.41) is 16.2. The lowest BCUT2D eigenvalue weighted by atomic mass is 10.1. The van der Waals surface area contributed by atoms with Crippen LogP contribution in [0.1, 0.15) is 22.3 Å². The minimum atomic E-state index is -0.523. The molecule has 0 unspecified atom stereocenters. The Morgan fingerprint density at radius 2 is 1.89 bits per heavy atom. The third kappa shape index (κ3) is 6.33. The lowest BCUT2D eigenvalue weighted by Crippen LogP contribution is -2.35. The molecule has 2 N–H and O–H groups in total. The SMILES string of the molecule is COCCCNC(=O)/C(=C/c1cccc([N+](=O)[O-])c1)NC(=O)c1ccccc1. The number of hydrogen-bond donors (Lipinski definition) is 2. The quantitative estimate of drug-likeness (QED) is 0.299. The maximum absolute atomic E-state index is 12.5. The van der Waals surface area contributed by atoms with Gasteiger partial charge in [0, 0.05) is 38.0 Å². The summed E-state index contributed by atoms with van der Waals surface area (Å²) in [4.78, 5) is 35.4. The van der Waals surface area contributed by atoms with Crippen molar-refractivity contribution in [2.75, 3.05) is 20.3 Å². The van der Waals surface area contributed by atoms with Gasteiger partial charge in [-0.1, -0.05) is 30.3 Å². The van der Waals surface area contributed by atoms with E-state index in [4.69, 9.17) is 4.74 Å². The van der Waals surface area contributed by atoms with Crippen LogP contribution in [0.4, 0.5) is 5.69 Å². The molecule has 8 heteroatoms. The van der Waals surface area contributed by atoms with Crippen molar-refractivity contribution in [1.82, 2.24) is 10.6 Å². The summed E-state index contributed by atoms with van der Waals surface area (Å²) >= 11 is 0. The smallest absolute Gasteiger partial charge is 0.270 e. The van der Waals surface area contributed by atoms with E-state index < -0.39 is 16.7 Å². The van der Waals surface area contributed by atoms with E-state index in [1.165, 1.54) is 24.3 Å². The summed E-state index contributed by atoms with van der Waals surface area (Å²) in [6, 6.07) is 14.2. The fourth-order valence-electron chi connectivity index (χ4n) is 2.35. The van der Waals surface area contributed by atoms with Crippen LogP contribution < -0.4 is 10.6 Å². The van der Waals surface area contributed by atoms with Crippen LogP contribution in [-0.2, 0) is 9.53 Å². The summed E-state index contributed by atoms with van der Waals surface area (Å²) in [6.07, 6.45) is 2.01. The highest BCUT2D eigenvalue weighted by molar-refractivity contribution is 6.05. The van der Waals surface area contributed by atoms with Crippen molar-refractivity contribution < 1.29 is 19.2 Å². The Morgan fingerprint density at radius 3 is 2.57 bits per heavy atom. The van der Waals surface area contributed by atoms with Crippen molar-refractivity contribution in [1.29, 1.82) is 0 Å². The summed E-state index contributed by atoms with van der Waals surface area (Å²) in [7, 11) is 1.57. The van der Waals surface area contributed by atoms with E-state index in [0.717, 1.165) is 0 Å². The van der Waals surface area contributed by atoms with Gasteiger partial charge in [-0.15, -0.1) is 0 Å². The number of rotatable bonds is 9. The maximum atomic E-state index is 12.5. The first-order valence-electron chi connectivity index (χ1n) is 8.61. The average Bonchev–Trinajstić information content (AvgIpc) is 2.71. The number of non-ortho nitro benzene ring substituents is 1. The van der Waals surface area contributed by atoms with Crippen LogP contribution in [-0.4, -0.2) is 37.0 Å². The molecule has 0 spiro atoms. The maximum Gasteiger partial charge on any atom is 0.270 e. The van der Waals surface area contributed by atoms with Gasteiger partial charge < -0.3 is 15.4 Å². The van der Waals surface area contributed by atoms with Gasteiger partial charge in [-0.3, -0.25) is 19.7 Å². The lowest BCUT2D eigenvalue weighted by Gasteiger charge is -2.11. The zero-order chi connectivity index (χ0) is 20.4. The molecular weight excluding hydrogens is 362 g/mol. The number of benzene rings is 2. The highest BCUT2D eigenvalue weighted by Gasteiger charge is 2.15. The second kappa shape index (κ2) is 10.6. The minimum Gasteiger partial charge on any atom is -0.385 e. The zero-order valence-corrected chi connectivity index (χ0v) is 15.4. The molecule has 2 rings (SSSR count). The number of hydrogen-bond acceptors (Lipinski definition) is 5. The topological polar surface area (TPSA) is 111 Å². The summed E-state index contributed by atoms with van der Waals surface area (Å²) in [5.41, 5.74) is 0.694. The lowest BCUT2D eigenvalue weighted by molar-refractivity contribution is -0.384. The molecule has 28 heavy (non-hydrogen) atoms. The average molecular weight is 383 g/mol. The standard InChI is InChI=1S/C20H21N3O5/c1-28-12-6-11-21-20(25)18(22-19(24)16-8-3-2-4-9-16)14-15-7-5-10-17(13-15)23(26)27/h2-5,7-10,13-14H,6,11-12H2,1H3,(H,21,25)(H,22,24)/b18-14-. The third-order valence-corrected chi connectivity index (χ3v) is 3.73. The molecule has 0 aliphatic rings. The number of ether oxygens (including phenoxy) is 1. The van der Waals surface area contributed by atoms with Gasteiger partial charge in [0.1, 0.15) is 5.70 Å². The van der Waals surface area contributed by atoms with E-state index >= 15 is 0 Å². The summed E-state index contributed by atoms with van der Waals surface area (Å²) in [5.74, 6) is -0.948. The van der Waals surface area contributed by atoms with Crippen molar-refractivity contribution in [3.05, 3.63) is 81.5 Å². The molecule has 2 amide bonds. The third-order valence-electron chi connectivity index (χ3n) is 3.73. The predicted octanol–water partition coefficient (Wildman–Crippen LogP) is 2.52. The Labute approximate surface area is 162 Å². The number of carbonyl (C=O) groups excluding carboxylic acids is 2. The molecule has 2 aromatic carbocycles. The van der Waals surface area contributed by atoms with Gasteiger partial charge in [-0.2, -0.15) is 0 Å². The number of nitro groups is 1. The molecule has 0 aromatic heterocycles. The largest absolute Gasteiger partial charge is 0.385 e.